The molecule has 1 N–H and O–H groups in total. The van der Waals surface area contributed by atoms with Gasteiger partial charge >= 0.3 is 0 Å². The summed E-state index contributed by atoms with van der Waals surface area (Å²) in [7, 11) is 0. The molecule has 0 spiro atoms. The van der Waals surface area contributed by atoms with E-state index in [0.29, 0.717) is 35.2 Å². The zero-order valence-electron chi connectivity index (χ0n) is 17.5. The number of anilines is 1. The largest absolute Gasteiger partial charge is 0.457 e. The summed E-state index contributed by atoms with van der Waals surface area (Å²) >= 11 is 6.17. The molecule has 1 saturated heterocycles. The normalized spacial score (nSPS) is 15.5. The molecule has 4 aromatic rings. The molecule has 0 saturated carbocycles. The van der Waals surface area contributed by atoms with Crippen molar-refractivity contribution in [1.82, 2.24) is 4.90 Å². The lowest BCUT2D eigenvalue weighted by Gasteiger charge is -2.34. The fraction of sp³-hybridized carbons (Fsp3) is 0.192. The number of para-hydroxylation sites is 1. The molecule has 32 heavy (non-hydrogen) atoms. The van der Waals surface area contributed by atoms with Crippen molar-refractivity contribution in [3.63, 3.8) is 0 Å². The predicted molar refractivity (Wildman–Crippen MR) is 126 cm³/mol. The number of hydrogen-bond donors (Lipinski definition) is 1. The van der Waals surface area contributed by atoms with E-state index in [2.05, 4.69) is 10.2 Å². The van der Waals surface area contributed by atoms with Gasteiger partial charge in [0.1, 0.15) is 11.3 Å². The molecule has 1 fully saturated rings. The average molecular weight is 447 g/mol. The van der Waals surface area contributed by atoms with Crippen molar-refractivity contribution < 1.29 is 13.9 Å². The monoisotopic (exact) mass is 446 g/mol. The molecule has 5 rings (SSSR count). The van der Waals surface area contributed by atoms with Gasteiger partial charge in [-0.15, -0.1) is 0 Å². The van der Waals surface area contributed by atoms with Crippen LogP contribution in [0, 0.1) is 0 Å². The van der Waals surface area contributed by atoms with Crippen molar-refractivity contribution in [1.29, 1.82) is 0 Å². The first kappa shape index (κ1) is 20.8. The van der Waals surface area contributed by atoms with Gasteiger partial charge in [0.15, 0.2) is 0 Å². The van der Waals surface area contributed by atoms with E-state index < -0.39 is 0 Å². The van der Waals surface area contributed by atoms with Gasteiger partial charge in [0.2, 0.25) is 0 Å². The Hall–Kier alpha value is -3.12. The summed E-state index contributed by atoms with van der Waals surface area (Å²) in [6, 6.07) is 24.6. The highest BCUT2D eigenvalue weighted by Crippen LogP contribution is 2.41. The minimum Gasteiger partial charge on any atom is -0.457 e. The predicted octanol–water partition coefficient (Wildman–Crippen LogP) is 5.76. The van der Waals surface area contributed by atoms with Crippen LogP contribution < -0.4 is 5.32 Å². The van der Waals surface area contributed by atoms with Gasteiger partial charge in [-0.05, 0) is 42.0 Å². The number of morpholine rings is 1. The molecule has 0 aliphatic carbocycles. The van der Waals surface area contributed by atoms with E-state index in [9.17, 15) is 4.79 Å². The Morgan fingerprint density at radius 3 is 2.34 bits per heavy atom. The molecule has 1 amide bonds. The van der Waals surface area contributed by atoms with E-state index >= 15 is 0 Å². The number of carbonyl (C=O) groups is 1. The van der Waals surface area contributed by atoms with Crippen molar-refractivity contribution in [2.24, 2.45) is 0 Å². The molecule has 1 atom stereocenters. The third kappa shape index (κ3) is 4.15. The molecule has 1 aromatic heterocycles. The Kier molecular flexibility index (Phi) is 5.95. The van der Waals surface area contributed by atoms with Gasteiger partial charge in [-0.1, -0.05) is 54.1 Å². The lowest BCUT2D eigenvalue weighted by atomic mass is 10.00. The fourth-order valence-electron chi connectivity index (χ4n) is 4.17. The van der Waals surface area contributed by atoms with Crippen LogP contribution in [0.15, 0.2) is 83.3 Å². The number of fused-ring (bicyclic) bond motifs is 1. The van der Waals surface area contributed by atoms with Gasteiger partial charge in [-0.3, -0.25) is 9.69 Å². The molecule has 5 nitrogen and oxygen atoms in total. The quantitative estimate of drug-likeness (QED) is 0.423. The summed E-state index contributed by atoms with van der Waals surface area (Å²) in [6.07, 6.45) is 0. The third-order valence-corrected chi connectivity index (χ3v) is 5.99. The number of ether oxygens (including phenoxy) is 1. The second-order valence-corrected chi connectivity index (χ2v) is 8.20. The summed E-state index contributed by atoms with van der Waals surface area (Å²) in [5.41, 5.74) is 3.07. The van der Waals surface area contributed by atoms with E-state index in [-0.39, 0.29) is 11.9 Å². The van der Waals surface area contributed by atoms with Crippen LogP contribution in [0.1, 0.15) is 27.7 Å². The number of nitrogens with zero attached hydrogens (tertiary/aromatic N) is 1. The zero-order chi connectivity index (χ0) is 21.9. The molecule has 0 bridgehead atoms. The number of furan rings is 1. The van der Waals surface area contributed by atoms with E-state index in [1.807, 2.05) is 66.7 Å². The van der Waals surface area contributed by atoms with Crippen LogP contribution in [0.25, 0.3) is 11.0 Å². The maximum Gasteiger partial charge on any atom is 0.255 e. The summed E-state index contributed by atoms with van der Waals surface area (Å²) < 4.78 is 12.0. The van der Waals surface area contributed by atoms with Crippen molar-refractivity contribution in [2.75, 3.05) is 31.6 Å². The van der Waals surface area contributed by atoms with E-state index in [4.69, 9.17) is 20.8 Å². The van der Waals surface area contributed by atoms with Gasteiger partial charge in [0.25, 0.3) is 5.91 Å². The maximum atomic E-state index is 13.1. The van der Waals surface area contributed by atoms with Crippen LogP contribution in [0.2, 0.25) is 5.02 Å². The molecule has 0 unspecified atom stereocenters. The number of benzene rings is 3. The molecular weight excluding hydrogens is 424 g/mol. The highest BCUT2D eigenvalue weighted by molar-refractivity contribution is 6.30. The lowest BCUT2D eigenvalue weighted by molar-refractivity contribution is 0.0206. The van der Waals surface area contributed by atoms with Crippen LogP contribution in [0.5, 0.6) is 0 Å². The SMILES string of the molecule is O=C(Nc1c([C@@H](c2ccc(Cl)cc2)N2CCOCC2)oc2ccccc12)c1ccccc1. The zero-order valence-corrected chi connectivity index (χ0v) is 18.2. The first-order chi connectivity index (χ1) is 15.7. The van der Waals surface area contributed by atoms with E-state index in [1.54, 1.807) is 12.1 Å². The number of amides is 1. The maximum absolute atomic E-state index is 13.1. The van der Waals surface area contributed by atoms with Gasteiger partial charge in [0.05, 0.1) is 24.9 Å². The van der Waals surface area contributed by atoms with Crippen LogP contribution in [0.4, 0.5) is 5.69 Å². The number of rotatable bonds is 5. The van der Waals surface area contributed by atoms with Crippen LogP contribution in [0.3, 0.4) is 0 Å². The van der Waals surface area contributed by atoms with Gasteiger partial charge in [-0.2, -0.15) is 0 Å². The molecular formula is C26H23ClN2O3. The van der Waals surface area contributed by atoms with Crippen LogP contribution in [-0.4, -0.2) is 37.1 Å². The molecule has 6 heteroatoms. The Morgan fingerprint density at radius 2 is 1.59 bits per heavy atom. The lowest BCUT2D eigenvalue weighted by Crippen LogP contribution is -2.39. The van der Waals surface area contributed by atoms with Crippen LogP contribution >= 0.6 is 11.6 Å². The average Bonchev–Trinajstić information content (AvgIpc) is 3.19. The summed E-state index contributed by atoms with van der Waals surface area (Å²) in [4.78, 5) is 15.4. The Balaban J connectivity index is 1.63. The third-order valence-electron chi connectivity index (χ3n) is 5.74. The first-order valence-electron chi connectivity index (χ1n) is 10.7. The first-order valence-corrected chi connectivity index (χ1v) is 11.0. The summed E-state index contributed by atoms with van der Waals surface area (Å²) in [5, 5.41) is 4.69. The summed E-state index contributed by atoms with van der Waals surface area (Å²) in [6.45, 7) is 2.82. The minimum atomic E-state index is -0.186. The molecule has 0 radical (unpaired) electrons. The molecule has 3 aromatic carbocycles. The number of carbonyl (C=O) groups excluding carboxylic acids is 1. The molecule has 1 aliphatic heterocycles. The Bertz CT molecular complexity index is 1220. The number of halogens is 1. The van der Waals surface area contributed by atoms with Gasteiger partial charge < -0.3 is 14.5 Å². The summed E-state index contributed by atoms with van der Waals surface area (Å²) in [5.74, 6) is 0.537. The molecule has 2 heterocycles. The Labute approximate surface area is 191 Å². The Morgan fingerprint density at radius 1 is 0.906 bits per heavy atom. The number of hydrogen-bond acceptors (Lipinski definition) is 4. The van der Waals surface area contributed by atoms with Crippen molar-refractivity contribution in [3.8, 4) is 0 Å². The van der Waals surface area contributed by atoms with Crippen molar-refractivity contribution in [3.05, 3.63) is 101 Å². The van der Waals surface area contributed by atoms with Gasteiger partial charge in [0, 0.05) is 29.1 Å². The van der Waals surface area contributed by atoms with E-state index in [1.165, 1.54) is 0 Å². The second kappa shape index (κ2) is 9.17. The van der Waals surface area contributed by atoms with Crippen LogP contribution in [-0.2, 0) is 4.74 Å². The smallest absolute Gasteiger partial charge is 0.255 e. The minimum absolute atomic E-state index is 0.171. The van der Waals surface area contributed by atoms with Crippen molar-refractivity contribution in [2.45, 2.75) is 6.04 Å². The molecule has 1 aliphatic rings. The van der Waals surface area contributed by atoms with E-state index in [0.717, 1.165) is 29.6 Å². The highest BCUT2D eigenvalue weighted by atomic mass is 35.5. The fourth-order valence-corrected chi connectivity index (χ4v) is 4.30. The van der Waals surface area contributed by atoms with Gasteiger partial charge in [-0.25, -0.2) is 0 Å². The second-order valence-electron chi connectivity index (χ2n) is 7.76. The number of nitrogens with one attached hydrogen (secondary N) is 1. The molecule has 162 valence electrons. The topological polar surface area (TPSA) is 54.7 Å². The highest BCUT2D eigenvalue weighted by Gasteiger charge is 2.31. The van der Waals surface area contributed by atoms with Crippen molar-refractivity contribution >= 4 is 34.2 Å². The standard InChI is InChI=1S/C26H23ClN2O3/c27-20-12-10-18(11-13-20)24(29-14-16-31-17-15-29)25-23(21-8-4-5-9-22(21)32-25)28-26(30)19-6-2-1-3-7-19/h1-13,24H,14-17H2,(H,28,30)/t24-/m1/s1.